The molecule has 146 valence electrons. The molecule has 27 heavy (non-hydrogen) atoms. The summed E-state index contributed by atoms with van der Waals surface area (Å²) < 4.78 is 5.94. The molecule has 1 heterocycles. The Labute approximate surface area is 167 Å². The van der Waals surface area contributed by atoms with Gasteiger partial charge in [0, 0.05) is 10.7 Å². The van der Waals surface area contributed by atoms with E-state index < -0.39 is 6.10 Å². The summed E-state index contributed by atoms with van der Waals surface area (Å²) in [6.45, 7) is 11.2. The van der Waals surface area contributed by atoms with E-state index in [-0.39, 0.29) is 0 Å². The molecule has 0 aromatic heterocycles. The molecule has 4 nitrogen and oxygen atoms in total. The lowest BCUT2D eigenvalue weighted by Gasteiger charge is -2.34. The second-order valence-electron chi connectivity index (χ2n) is 7.61. The minimum atomic E-state index is -0.460. The second-order valence-corrected chi connectivity index (χ2v) is 8.05. The number of piperazine rings is 1. The first-order chi connectivity index (χ1) is 12.9. The van der Waals surface area contributed by atoms with Crippen molar-refractivity contribution in [3.05, 3.63) is 58.1 Å². The van der Waals surface area contributed by atoms with Crippen LogP contribution in [0.15, 0.2) is 36.4 Å². The Morgan fingerprint density at radius 3 is 2.41 bits per heavy atom. The van der Waals surface area contributed by atoms with Gasteiger partial charge in [-0.05, 0) is 50.1 Å². The third-order valence-electron chi connectivity index (χ3n) is 5.19. The number of nitrogens with zero attached hydrogens (tertiary/aromatic N) is 1. The normalized spacial score (nSPS) is 16.4. The maximum absolute atomic E-state index is 10.4. The predicted molar refractivity (Wildman–Crippen MR) is 111 cm³/mol. The van der Waals surface area contributed by atoms with E-state index in [1.807, 2.05) is 18.2 Å². The zero-order chi connectivity index (χ0) is 19.4. The van der Waals surface area contributed by atoms with E-state index in [9.17, 15) is 5.11 Å². The summed E-state index contributed by atoms with van der Waals surface area (Å²) in [7, 11) is 0. The molecule has 1 saturated heterocycles. The molecule has 1 aliphatic rings. The van der Waals surface area contributed by atoms with Crippen LogP contribution in [0, 0.1) is 20.8 Å². The average molecular weight is 390 g/mol. The molecule has 1 atom stereocenters. The standard InChI is InChI=1S/C22H29ClN2O2/c1-16-11-17(2)22(18(3)12-16)27-15-21(26)14-24-7-9-25(10-8-24)20-6-4-5-19(23)13-20/h4-6,11-13,21,26H,7-10,14-15H2,1-3H3/p+1/t21-/m0/s1. The van der Waals surface area contributed by atoms with Gasteiger partial charge in [0.1, 0.15) is 25.0 Å². The molecule has 0 amide bonds. The van der Waals surface area contributed by atoms with Gasteiger partial charge in [-0.2, -0.15) is 0 Å². The molecule has 0 unspecified atom stereocenters. The van der Waals surface area contributed by atoms with Gasteiger partial charge >= 0.3 is 0 Å². The highest BCUT2D eigenvalue weighted by molar-refractivity contribution is 6.30. The van der Waals surface area contributed by atoms with Crippen LogP contribution in [0.4, 0.5) is 5.69 Å². The number of ether oxygens (including phenoxy) is 1. The largest absolute Gasteiger partial charge is 0.490 e. The van der Waals surface area contributed by atoms with E-state index >= 15 is 0 Å². The molecule has 3 rings (SSSR count). The first kappa shape index (κ1) is 20.0. The number of hydrogen-bond donors (Lipinski definition) is 2. The molecule has 2 aromatic rings. The summed E-state index contributed by atoms with van der Waals surface area (Å²) in [6.07, 6.45) is -0.460. The zero-order valence-corrected chi connectivity index (χ0v) is 17.2. The highest BCUT2D eigenvalue weighted by atomic mass is 35.5. The van der Waals surface area contributed by atoms with Crippen LogP contribution in [-0.2, 0) is 0 Å². The lowest BCUT2D eigenvalue weighted by atomic mass is 10.1. The van der Waals surface area contributed by atoms with Crippen molar-refractivity contribution in [3.63, 3.8) is 0 Å². The van der Waals surface area contributed by atoms with Crippen LogP contribution >= 0.6 is 11.6 Å². The molecule has 0 radical (unpaired) electrons. The van der Waals surface area contributed by atoms with Gasteiger partial charge in [0.25, 0.3) is 0 Å². The summed E-state index contributed by atoms with van der Waals surface area (Å²) in [4.78, 5) is 3.78. The second kappa shape index (κ2) is 8.96. The van der Waals surface area contributed by atoms with Gasteiger partial charge in [0.15, 0.2) is 0 Å². The van der Waals surface area contributed by atoms with Crippen LogP contribution < -0.4 is 14.5 Å². The van der Waals surface area contributed by atoms with Gasteiger partial charge in [-0.1, -0.05) is 35.4 Å². The van der Waals surface area contributed by atoms with Crippen LogP contribution in [0.1, 0.15) is 16.7 Å². The summed E-state index contributed by atoms with van der Waals surface area (Å²) in [5, 5.41) is 11.2. The topological polar surface area (TPSA) is 37.1 Å². The van der Waals surface area contributed by atoms with Gasteiger partial charge in [-0.3, -0.25) is 0 Å². The van der Waals surface area contributed by atoms with E-state index in [1.54, 1.807) is 0 Å². The molecule has 5 heteroatoms. The van der Waals surface area contributed by atoms with E-state index in [4.69, 9.17) is 16.3 Å². The van der Waals surface area contributed by atoms with E-state index in [2.05, 4.69) is 43.9 Å². The van der Waals surface area contributed by atoms with Gasteiger partial charge in [-0.25, -0.2) is 0 Å². The van der Waals surface area contributed by atoms with Gasteiger partial charge in [0.05, 0.1) is 26.2 Å². The Hall–Kier alpha value is -1.75. The van der Waals surface area contributed by atoms with Crippen molar-refractivity contribution in [3.8, 4) is 5.75 Å². The Balaban J connectivity index is 1.46. The SMILES string of the molecule is Cc1cc(C)c(OC[C@@H](O)C[NH+]2CCN(c3cccc(Cl)c3)CC2)c(C)c1. The van der Waals surface area contributed by atoms with Crippen molar-refractivity contribution in [1.29, 1.82) is 0 Å². The monoisotopic (exact) mass is 389 g/mol. The Morgan fingerprint density at radius 1 is 1.11 bits per heavy atom. The lowest BCUT2D eigenvalue weighted by molar-refractivity contribution is -0.903. The van der Waals surface area contributed by atoms with Crippen molar-refractivity contribution in [2.45, 2.75) is 26.9 Å². The molecular weight excluding hydrogens is 360 g/mol. The summed E-state index contributed by atoms with van der Waals surface area (Å²) in [6, 6.07) is 12.3. The number of aryl methyl sites for hydroxylation is 3. The smallest absolute Gasteiger partial charge is 0.137 e. The molecule has 0 saturated carbocycles. The number of aliphatic hydroxyl groups excluding tert-OH is 1. The number of quaternary nitrogens is 1. The molecule has 1 fully saturated rings. The van der Waals surface area contributed by atoms with Crippen LogP contribution in [0.2, 0.25) is 5.02 Å². The number of rotatable bonds is 6. The molecule has 0 bridgehead atoms. The Morgan fingerprint density at radius 2 is 1.78 bits per heavy atom. The zero-order valence-electron chi connectivity index (χ0n) is 16.5. The molecule has 0 aliphatic carbocycles. The van der Waals surface area contributed by atoms with E-state index in [0.717, 1.165) is 48.1 Å². The van der Waals surface area contributed by atoms with Crippen LogP contribution in [0.5, 0.6) is 5.75 Å². The first-order valence-electron chi connectivity index (χ1n) is 9.65. The van der Waals surface area contributed by atoms with Crippen molar-refractivity contribution in [2.75, 3.05) is 44.2 Å². The molecule has 2 N–H and O–H groups in total. The number of anilines is 1. The van der Waals surface area contributed by atoms with Crippen molar-refractivity contribution < 1.29 is 14.7 Å². The fraction of sp³-hybridized carbons (Fsp3) is 0.455. The predicted octanol–water partition coefficient (Wildman–Crippen LogP) is 2.41. The van der Waals surface area contributed by atoms with Gasteiger partial charge in [0.2, 0.25) is 0 Å². The minimum Gasteiger partial charge on any atom is -0.490 e. The summed E-state index contributed by atoms with van der Waals surface area (Å²) in [5.41, 5.74) is 4.67. The van der Waals surface area contributed by atoms with Crippen LogP contribution in [-0.4, -0.2) is 50.5 Å². The highest BCUT2D eigenvalue weighted by Crippen LogP contribution is 2.24. The van der Waals surface area contributed by atoms with E-state index in [1.165, 1.54) is 16.2 Å². The maximum Gasteiger partial charge on any atom is 0.137 e. The first-order valence-corrected chi connectivity index (χ1v) is 10.0. The Kier molecular flexibility index (Phi) is 6.64. The third kappa shape index (κ3) is 5.38. The lowest BCUT2D eigenvalue weighted by Crippen LogP contribution is -3.16. The van der Waals surface area contributed by atoms with Crippen LogP contribution in [0.25, 0.3) is 0 Å². The third-order valence-corrected chi connectivity index (χ3v) is 5.43. The fourth-order valence-corrected chi connectivity index (χ4v) is 4.11. The summed E-state index contributed by atoms with van der Waals surface area (Å²) >= 11 is 6.10. The number of nitrogens with one attached hydrogen (secondary N) is 1. The minimum absolute atomic E-state index is 0.340. The Bertz CT molecular complexity index is 750. The number of halogens is 1. The summed E-state index contributed by atoms with van der Waals surface area (Å²) in [5.74, 6) is 0.903. The number of aliphatic hydroxyl groups is 1. The van der Waals surface area contributed by atoms with Crippen LogP contribution in [0.3, 0.4) is 0 Å². The molecule has 0 spiro atoms. The molecule has 1 aliphatic heterocycles. The number of hydrogen-bond acceptors (Lipinski definition) is 3. The van der Waals surface area contributed by atoms with Gasteiger partial charge < -0.3 is 19.6 Å². The van der Waals surface area contributed by atoms with Crippen molar-refractivity contribution in [2.24, 2.45) is 0 Å². The number of benzene rings is 2. The van der Waals surface area contributed by atoms with Crippen molar-refractivity contribution in [1.82, 2.24) is 0 Å². The quantitative estimate of drug-likeness (QED) is 0.796. The average Bonchev–Trinajstić information content (AvgIpc) is 2.61. The molecule has 2 aromatic carbocycles. The highest BCUT2D eigenvalue weighted by Gasteiger charge is 2.23. The van der Waals surface area contributed by atoms with Crippen molar-refractivity contribution >= 4 is 17.3 Å². The van der Waals surface area contributed by atoms with E-state index in [0.29, 0.717) is 13.2 Å². The van der Waals surface area contributed by atoms with Gasteiger partial charge in [-0.15, -0.1) is 0 Å². The maximum atomic E-state index is 10.4. The fourth-order valence-electron chi connectivity index (χ4n) is 3.92. The molecular formula is C22H30ClN2O2+.